The molecule has 0 saturated heterocycles. The summed E-state index contributed by atoms with van der Waals surface area (Å²) in [5, 5.41) is 0. The molecule has 1 rings (SSSR count). The van der Waals surface area contributed by atoms with Crippen molar-refractivity contribution in [3.63, 3.8) is 0 Å². The van der Waals surface area contributed by atoms with Crippen molar-refractivity contribution in [1.29, 1.82) is 0 Å². The van der Waals surface area contributed by atoms with Gasteiger partial charge in [-0.1, -0.05) is 12.1 Å². The standard InChI is InChI=1S/C13H15F3O3/c1-12(19-3,8-13(14,15)16)10-6-4-5-9(7-10)11(17)18-2/h4-7H,8H2,1-3H3. The Kier molecular flexibility index (Phi) is 4.57. The van der Waals surface area contributed by atoms with Gasteiger partial charge in [0.1, 0.15) is 0 Å². The molecule has 1 unspecified atom stereocenters. The Balaban J connectivity index is 3.15. The molecule has 106 valence electrons. The number of benzene rings is 1. The Morgan fingerprint density at radius 2 is 1.89 bits per heavy atom. The van der Waals surface area contributed by atoms with Crippen LogP contribution in [0.4, 0.5) is 13.2 Å². The van der Waals surface area contributed by atoms with Gasteiger partial charge >= 0.3 is 12.1 Å². The van der Waals surface area contributed by atoms with E-state index >= 15 is 0 Å². The summed E-state index contributed by atoms with van der Waals surface area (Å²) in [5.41, 5.74) is -1.08. The smallest absolute Gasteiger partial charge is 0.392 e. The van der Waals surface area contributed by atoms with Crippen molar-refractivity contribution < 1.29 is 27.4 Å². The molecule has 0 aliphatic heterocycles. The van der Waals surface area contributed by atoms with Crippen molar-refractivity contribution in [3.8, 4) is 0 Å². The van der Waals surface area contributed by atoms with E-state index in [-0.39, 0.29) is 11.1 Å². The highest BCUT2D eigenvalue weighted by Gasteiger charge is 2.41. The molecular formula is C13H15F3O3. The number of ether oxygens (including phenoxy) is 2. The maximum atomic E-state index is 12.6. The Hall–Kier alpha value is -1.56. The van der Waals surface area contributed by atoms with Crippen LogP contribution < -0.4 is 0 Å². The first-order chi connectivity index (χ1) is 8.72. The second kappa shape index (κ2) is 5.61. The molecule has 0 heterocycles. The summed E-state index contributed by atoms with van der Waals surface area (Å²) in [7, 11) is 2.41. The van der Waals surface area contributed by atoms with E-state index in [0.29, 0.717) is 0 Å². The fraction of sp³-hybridized carbons (Fsp3) is 0.462. The fourth-order valence-electron chi connectivity index (χ4n) is 1.77. The van der Waals surface area contributed by atoms with Gasteiger partial charge in [0, 0.05) is 7.11 Å². The maximum Gasteiger partial charge on any atom is 0.392 e. The van der Waals surface area contributed by atoms with Crippen molar-refractivity contribution >= 4 is 5.97 Å². The van der Waals surface area contributed by atoms with Crippen LogP contribution in [0.1, 0.15) is 29.3 Å². The molecule has 0 bridgehead atoms. The van der Waals surface area contributed by atoms with E-state index in [2.05, 4.69) is 4.74 Å². The van der Waals surface area contributed by atoms with E-state index in [1.165, 1.54) is 45.4 Å². The molecule has 19 heavy (non-hydrogen) atoms. The van der Waals surface area contributed by atoms with Gasteiger partial charge in [-0.25, -0.2) is 4.79 Å². The van der Waals surface area contributed by atoms with E-state index in [1.807, 2.05) is 0 Å². The summed E-state index contributed by atoms with van der Waals surface area (Å²) in [4.78, 5) is 11.4. The Morgan fingerprint density at radius 3 is 2.37 bits per heavy atom. The minimum absolute atomic E-state index is 0.186. The molecule has 0 aromatic heterocycles. The Labute approximate surface area is 109 Å². The third kappa shape index (κ3) is 3.96. The highest BCUT2D eigenvalue weighted by molar-refractivity contribution is 5.89. The van der Waals surface area contributed by atoms with E-state index in [1.54, 1.807) is 0 Å². The van der Waals surface area contributed by atoms with Crippen LogP contribution in [0, 0.1) is 0 Å². The number of hydrogen-bond donors (Lipinski definition) is 0. The highest BCUT2D eigenvalue weighted by atomic mass is 19.4. The topological polar surface area (TPSA) is 35.5 Å². The zero-order chi connectivity index (χ0) is 14.7. The van der Waals surface area contributed by atoms with Gasteiger partial charge in [0.05, 0.1) is 24.7 Å². The van der Waals surface area contributed by atoms with Gasteiger partial charge in [0.25, 0.3) is 0 Å². The lowest BCUT2D eigenvalue weighted by molar-refractivity contribution is -0.181. The fourth-order valence-corrected chi connectivity index (χ4v) is 1.77. The summed E-state index contributed by atoms with van der Waals surface area (Å²) >= 11 is 0. The van der Waals surface area contributed by atoms with Gasteiger partial charge in [-0.2, -0.15) is 13.2 Å². The Morgan fingerprint density at radius 1 is 1.26 bits per heavy atom. The molecule has 0 radical (unpaired) electrons. The number of carbonyl (C=O) groups excluding carboxylic acids is 1. The monoisotopic (exact) mass is 276 g/mol. The van der Waals surface area contributed by atoms with Crippen LogP contribution in [0.15, 0.2) is 24.3 Å². The number of alkyl halides is 3. The van der Waals surface area contributed by atoms with Crippen molar-refractivity contribution in [2.24, 2.45) is 0 Å². The summed E-state index contributed by atoms with van der Waals surface area (Å²) in [6, 6.07) is 5.80. The second-order valence-corrected chi connectivity index (χ2v) is 4.30. The van der Waals surface area contributed by atoms with Crippen LogP contribution in [0.2, 0.25) is 0 Å². The first-order valence-electron chi connectivity index (χ1n) is 5.52. The molecule has 0 aliphatic carbocycles. The van der Waals surface area contributed by atoms with E-state index in [9.17, 15) is 18.0 Å². The normalized spacial score (nSPS) is 14.8. The summed E-state index contributed by atoms with van der Waals surface area (Å²) in [6.45, 7) is 1.33. The minimum atomic E-state index is -4.37. The van der Waals surface area contributed by atoms with Gasteiger partial charge in [0.15, 0.2) is 0 Å². The van der Waals surface area contributed by atoms with Gasteiger partial charge in [-0.3, -0.25) is 0 Å². The third-order valence-electron chi connectivity index (χ3n) is 2.88. The number of rotatable bonds is 4. The van der Waals surface area contributed by atoms with E-state index in [4.69, 9.17) is 4.74 Å². The quantitative estimate of drug-likeness (QED) is 0.792. The van der Waals surface area contributed by atoms with Crippen LogP contribution in [-0.2, 0) is 15.1 Å². The number of esters is 1. The molecule has 0 fully saturated rings. The van der Waals surface area contributed by atoms with Gasteiger partial charge in [-0.05, 0) is 24.6 Å². The first kappa shape index (κ1) is 15.5. The molecule has 6 heteroatoms. The largest absolute Gasteiger partial charge is 0.465 e. The van der Waals surface area contributed by atoms with Crippen molar-refractivity contribution in [2.75, 3.05) is 14.2 Å². The van der Waals surface area contributed by atoms with Gasteiger partial charge < -0.3 is 9.47 Å². The third-order valence-corrected chi connectivity index (χ3v) is 2.88. The molecule has 1 aromatic carbocycles. The summed E-state index contributed by atoms with van der Waals surface area (Å²) in [5.74, 6) is -0.604. The summed E-state index contributed by atoms with van der Waals surface area (Å²) < 4.78 is 47.3. The van der Waals surface area contributed by atoms with Gasteiger partial charge in [-0.15, -0.1) is 0 Å². The van der Waals surface area contributed by atoms with Crippen molar-refractivity contribution in [2.45, 2.75) is 25.1 Å². The van der Waals surface area contributed by atoms with E-state index < -0.39 is 24.2 Å². The average molecular weight is 276 g/mol. The lowest BCUT2D eigenvalue weighted by atomic mass is 9.90. The van der Waals surface area contributed by atoms with Gasteiger partial charge in [0.2, 0.25) is 0 Å². The number of halogens is 3. The number of methoxy groups -OCH3 is 2. The van der Waals surface area contributed by atoms with Crippen molar-refractivity contribution in [3.05, 3.63) is 35.4 Å². The first-order valence-corrected chi connectivity index (χ1v) is 5.52. The van der Waals surface area contributed by atoms with Crippen LogP contribution in [0.25, 0.3) is 0 Å². The predicted molar refractivity (Wildman–Crippen MR) is 62.8 cm³/mol. The number of hydrogen-bond acceptors (Lipinski definition) is 3. The average Bonchev–Trinajstić information content (AvgIpc) is 2.36. The lowest BCUT2D eigenvalue weighted by Gasteiger charge is -2.30. The predicted octanol–water partition coefficient (Wildman–Crippen LogP) is 3.29. The van der Waals surface area contributed by atoms with Crippen LogP contribution in [0.3, 0.4) is 0 Å². The Bertz CT molecular complexity index is 457. The molecule has 3 nitrogen and oxygen atoms in total. The highest BCUT2D eigenvalue weighted by Crippen LogP contribution is 2.37. The minimum Gasteiger partial charge on any atom is -0.465 e. The molecular weight excluding hydrogens is 261 g/mol. The molecule has 1 atom stereocenters. The molecule has 0 saturated carbocycles. The van der Waals surface area contributed by atoms with Crippen LogP contribution >= 0.6 is 0 Å². The molecule has 0 spiro atoms. The summed E-state index contributed by atoms with van der Waals surface area (Å²) in [6.07, 6.45) is -5.51. The zero-order valence-corrected chi connectivity index (χ0v) is 10.9. The molecule has 1 aromatic rings. The molecule has 0 N–H and O–H groups in total. The maximum absolute atomic E-state index is 12.6. The number of carbonyl (C=O) groups is 1. The zero-order valence-electron chi connectivity index (χ0n) is 10.9. The van der Waals surface area contributed by atoms with Crippen LogP contribution in [-0.4, -0.2) is 26.4 Å². The van der Waals surface area contributed by atoms with E-state index in [0.717, 1.165) is 0 Å². The molecule has 0 aliphatic rings. The second-order valence-electron chi connectivity index (χ2n) is 4.30. The van der Waals surface area contributed by atoms with Crippen molar-refractivity contribution in [1.82, 2.24) is 0 Å². The SMILES string of the molecule is COC(=O)c1cccc(C(C)(CC(F)(F)F)OC)c1. The molecule has 0 amide bonds. The lowest BCUT2D eigenvalue weighted by Crippen LogP contribution is -2.31. The van der Waals surface area contributed by atoms with Crippen LogP contribution in [0.5, 0.6) is 0 Å².